The van der Waals surface area contributed by atoms with Crippen molar-refractivity contribution in [3.63, 3.8) is 0 Å². The molecule has 1 atom stereocenters. The number of anilines is 1. The molecule has 2 aromatic rings. The van der Waals surface area contributed by atoms with E-state index in [2.05, 4.69) is 24.8 Å². The number of imidazole rings is 1. The van der Waals surface area contributed by atoms with Gasteiger partial charge in [0.25, 0.3) is 0 Å². The number of hydrogen-bond donors (Lipinski definition) is 1. The Bertz CT molecular complexity index is 582. The Balaban J connectivity index is 1.58. The summed E-state index contributed by atoms with van der Waals surface area (Å²) in [6.45, 7) is 2.52. The third-order valence-corrected chi connectivity index (χ3v) is 3.61. The van der Waals surface area contributed by atoms with E-state index >= 15 is 0 Å². The Morgan fingerprint density at radius 1 is 1.45 bits per heavy atom. The fourth-order valence-corrected chi connectivity index (χ4v) is 2.46. The van der Waals surface area contributed by atoms with Crippen LogP contribution in [0.25, 0.3) is 0 Å². The average molecular weight is 303 g/mol. The molecule has 0 amide bonds. The van der Waals surface area contributed by atoms with Crippen LogP contribution in [0, 0.1) is 0 Å². The number of hydrogen-bond acceptors (Lipinski definition) is 6. The molecule has 7 nitrogen and oxygen atoms in total. The maximum Gasteiger partial charge on any atom is 0.218 e. The van der Waals surface area contributed by atoms with Gasteiger partial charge in [0.1, 0.15) is 11.9 Å². The van der Waals surface area contributed by atoms with Crippen LogP contribution in [0.15, 0.2) is 24.8 Å². The van der Waals surface area contributed by atoms with Gasteiger partial charge in [0.05, 0.1) is 13.4 Å². The molecule has 1 aliphatic heterocycles. The lowest BCUT2D eigenvalue weighted by molar-refractivity contribution is 0.104. The molecule has 0 spiro atoms. The first kappa shape index (κ1) is 14.8. The zero-order valence-electron chi connectivity index (χ0n) is 12.7. The Kier molecular flexibility index (Phi) is 4.85. The van der Waals surface area contributed by atoms with Gasteiger partial charge < -0.3 is 19.4 Å². The van der Waals surface area contributed by atoms with Gasteiger partial charge in [0.15, 0.2) is 5.82 Å². The van der Waals surface area contributed by atoms with Crippen LogP contribution in [0.1, 0.15) is 31.2 Å². The van der Waals surface area contributed by atoms with Gasteiger partial charge in [-0.25, -0.2) is 9.97 Å². The number of methoxy groups -OCH3 is 1. The lowest BCUT2D eigenvalue weighted by Gasteiger charge is -2.12. The minimum absolute atomic E-state index is 0.0124. The fourth-order valence-electron chi connectivity index (χ4n) is 2.46. The van der Waals surface area contributed by atoms with Crippen LogP contribution in [-0.2, 0) is 11.3 Å². The molecule has 1 N–H and O–H groups in total. The maximum atomic E-state index is 5.65. The molecule has 3 heterocycles. The number of aromatic nitrogens is 4. The van der Waals surface area contributed by atoms with Crippen LogP contribution in [-0.4, -0.2) is 39.8 Å². The second-order valence-corrected chi connectivity index (χ2v) is 5.24. The van der Waals surface area contributed by atoms with Gasteiger partial charge in [-0.3, -0.25) is 0 Å². The number of nitrogens with one attached hydrogen (secondary N) is 1. The van der Waals surface area contributed by atoms with Crippen molar-refractivity contribution in [2.75, 3.05) is 25.6 Å². The topological polar surface area (TPSA) is 74.1 Å². The van der Waals surface area contributed by atoms with Crippen molar-refractivity contribution < 1.29 is 9.47 Å². The molecule has 0 saturated carbocycles. The summed E-state index contributed by atoms with van der Waals surface area (Å²) >= 11 is 0. The van der Waals surface area contributed by atoms with Crippen LogP contribution in [0.2, 0.25) is 0 Å². The van der Waals surface area contributed by atoms with E-state index in [1.165, 1.54) is 0 Å². The smallest absolute Gasteiger partial charge is 0.218 e. The summed E-state index contributed by atoms with van der Waals surface area (Å²) in [5.74, 6) is 2.05. The standard InChI is InChI=1S/C15H21N5O2/c1-21-14-10-13(17-5-3-7-20-8-6-16-11-20)18-15(19-14)12-4-2-9-22-12/h6,8,10-12H,2-5,7,9H2,1H3,(H,17,18,19). The molecule has 0 aromatic carbocycles. The molecular formula is C15H21N5O2. The van der Waals surface area contributed by atoms with Crippen molar-refractivity contribution in [2.45, 2.75) is 31.9 Å². The summed E-state index contributed by atoms with van der Waals surface area (Å²) in [7, 11) is 1.62. The Morgan fingerprint density at radius 2 is 2.41 bits per heavy atom. The van der Waals surface area contributed by atoms with Crippen LogP contribution >= 0.6 is 0 Å². The highest BCUT2D eigenvalue weighted by molar-refractivity contribution is 5.38. The highest BCUT2D eigenvalue weighted by Crippen LogP contribution is 2.28. The van der Waals surface area contributed by atoms with Gasteiger partial charge >= 0.3 is 0 Å². The summed E-state index contributed by atoms with van der Waals surface area (Å²) in [6, 6.07) is 1.82. The molecule has 2 aromatic heterocycles. The van der Waals surface area contributed by atoms with Crippen LogP contribution < -0.4 is 10.1 Å². The van der Waals surface area contributed by atoms with Crippen molar-refractivity contribution in [1.82, 2.24) is 19.5 Å². The first-order chi connectivity index (χ1) is 10.8. The molecule has 1 saturated heterocycles. The van der Waals surface area contributed by atoms with Crippen LogP contribution in [0.4, 0.5) is 5.82 Å². The summed E-state index contributed by atoms with van der Waals surface area (Å²) in [4.78, 5) is 13.0. The van der Waals surface area contributed by atoms with Gasteiger partial charge in [0, 0.05) is 38.2 Å². The van der Waals surface area contributed by atoms with E-state index in [1.807, 2.05) is 18.6 Å². The maximum absolute atomic E-state index is 5.65. The van der Waals surface area contributed by atoms with Crippen molar-refractivity contribution in [3.05, 3.63) is 30.6 Å². The number of ether oxygens (including phenoxy) is 2. The Labute approximate surface area is 129 Å². The quantitative estimate of drug-likeness (QED) is 0.789. The molecule has 7 heteroatoms. The predicted octanol–water partition coefficient (Wildman–Crippen LogP) is 2.04. The van der Waals surface area contributed by atoms with E-state index in [1.54, 1.807) is 13.3 Å². The molecule has 118 valence electrons. The molecule has 1 unspecified atom stereocenters. The Hall–Kier alpha value is -2.15. The van der Waals surface area contributed by atoms with Crippen molar-refractivity contribution in [1.29, 1.82) is 0 Å². The average Bonchev–Trinajstić information content (AvgIpc) is 3.24. The molecule has 0 aliphatic carbocycles. The monoisotopic (exact) mass is 303 g/mol. The number of nitrogens with zero attached hydrogens (tertiary/aromatic N) is 4. The molecule has 0 bridgehead atoms. The zero-order chi connectivity index (χ0) is 15.2. The van der Waals surface area contributed by atoms with E-state index in [0.717, 1.165) is 44.8 Å². The predicted molar refractivity (Wildman–Crippen MR) is 81.8 cm³/mol. The van der Waals surface area contributed by atoms with Gasteiger partial charge in [0.2, 0.25) is 5.88 Å². The molecule has 3 rings (SSSR count). The summed E-state index contributed by atoms with van der Waals surface area (Å²) < 4.78 is 13.0. The number of aryl methyl sites for hydroxylation is 1. The van der Waals surface area contributed by atoms with Crippen molar-refractivity contribution >= 4 is 5.82 Å². The van der Waals surface area contributed by atoms with Crippen molar-refractivity contribution in [3.8, 4) is 5.88 Å². The van der Waals surface area contributed by atoms with Gasteiger partial charge in [-0.2, -0.15) is 4.98 Å². The van der Waals surface area contributed by atoms with Crippen LogP contribution in [0.5, 0.6) is 5.88 Å². The fraction of sp³-hybridized carbons (Fsp3) is 0.533. The molecule has 1 aliphatic rings. The first-order valence-electron chi connectivity index (χ1n) is 7.59. The molecular weight excluding hydrogens is 282 g/mol. The minimum Gasteiger partial charge on any atom is -0.481 e. The van der Waals surface area contributed by atoms with E-state index in [4.69, 9.17) is 9.47 Å². The van der Waals surface area contributed by atoms with Gasteiger partial charge in [-0.15, -0.1) is 0 Å². The summed E-state index contributed by atoms with van der Waals surface area (Å²) in [5, 5.41) is 3.33. The molecule has 0 radical (unpaired) electrons. The van der Waals surface area contributed by atoms with E-state index in [9.17, 15) is 0 Å². The highest BCUT2D eigenvalue weighted by atomic mass is 16.5. The second-order valence-electron chi connectivity index (χ2n) is 5.24. The zero-order valence-corrected chi connectivity index (χ0v) is 12.7. The molecule has 1 fully saturated rings. The van der Waals surface area contributed by atoms with Gasteiger partial charge in [-0.1, -0.05) is 0 Å². The largest absolute Gasteiger partial charge is 0.481 e. The van der Waals surface area contributed by atoms with Crippen molar-refractivity contribution in [2.24, 2.45) is 0 Å². The lowest BCUT2D eigenvalue weighted by atomic mass is 10.2. The third-order valence-electron chi connectivity index (χ3n) is 3.61. The van der Waals surface area contributed by atoms with E-state index < -0.39 is 0 Å². The summed E-state index contributed by atoms with van der Waals surface area (Å²) in [6.07, 6.45) is 8.56. The highest BCUT2D eigenvalue weighted by Gasteiger charge is 2.21. The Morgan fingerprint density at radius 3 is 3.14 bits per heavy atom. The summed E-state index contributed by atoms with van der Waals surface area (Å²) in [5.41, 5.74) is 0. The first-order valence-corrected chi connectivity index (χ1v) is 7.59. The number of rotatable bonds is 7. The minimum atomic E-state index is -0.0124. The molecule has 22 heavy (non-hydrogen) atoms. The van der Waals surface area contributed by atoms with E-state index in [0.29, 0.717) is 11.7 Å². The van der Waals surface area contributed by atoms with Crippen LogP contribution in [0.3, 0.4) is 0 Å². The second kappa shape index (κ2) is 7.22. The van der Waals surface area contributed by atoms with Gasteiger partial charge in [-0.05, 0) is 19.3 Å². The normalized spacial score (nSPS) is 17.6. The lowest BCUT2D eigenvalue weighted by Crippen LogP contribution is -2.10. The SMILES string of the molecule is COc1cc(NCCCn2ccnc2)nc(C2CCCO2)n1. The van der Waals surface area contributed by atoms with E-state index in [-0.39, 0.29) is 6.10 Å². The third kappa shape index (κ3) is 3.73.